The van der Waals surface area contributed by atoms with Gasteiger partial charge >= 0.3 is 0 Å². The minimum atomic E-state index is -3.28. The Labute approximate surface area is 189 Å². The monoisotopic (exact) mass is 454 g/mol. The second kappa shape index (κ2) is 8.25. The molecule has 1 heterocycles. The third-order valence-corrected chi connectivity index (χ3v) is 9.49. The van der Waals surface area contributed by atoms with Gasteiger partial charge in [-0.05, 0) is 73.6 Å². The molecule has 3 saturated carbocycles. The maximum atomic E-state index is 13.4. The summed E-state index contributed by atoms with van der Waals surface area (Å²) in [5.74, 6) is 0.499. The van der Waals surface area contributed by atoms with E-state index in [1.807, 2.05) is 31.4 Å². The van der Waals surface area contributed by atoms with Crippen molar-refractivity contribution in [1.29, 1.82) is 0 Å². The van der Waals surface area contributed by atoms with Crippen molar-refractivity contribution in [3.05, 3.63) is 47.3 Å². The number of rotatable bonds is 9. The van der Waals surface area contributed by atoms with Crippen molar-refractivity contribution in [3.63, 3.8) is 0 Å². The van der Waals surface area contributed by atoms with Crippen molar-refractivity contribution in [2.45, 2.75) is 79.8 Å². The molecule has 0 unspecified atom stereocenters. The van der Waals surface area contributed by atoms with Gasteiger partial charge in [-0.25, -0.2) is 8.42 Å². The number of Topliss-reactive ketones (excluding diaryl/α,β-unsaturated/α-hetero) is 2. The Bertz CT molecular complexity index is 1160. The summed E-state index contributed by atoms with van der Waals surface area (Å²) in [4.78, 5) is 25.8. The molecule has 0 bridgehead atoms. The molecule has 1 aromatic carbocycles. The van der Waals surface area contributed by atoms with E-state index in [0.29, 0.717) is 24.2 Å². The molecule has 3 fully saturated rings. The normalized spacial score (nSPS) is 22.3. The van der Waals surface area contributed by atoms with E-state index in [1.54, 1.807) is 10.7 Å². The van der Waals surface area contributed by atoms with Crippen LogP contribution in [0.15, 0.2) is 35.4 Å². The summed E-state index contributed by atoms with van der Waals surface area (Å²) < 4.78 is 27.7. The van der Waals surface area contributed by atoms with Crippen LogP contribution in [0.3, 0.4) is 0 Å². The van der Waals surface area contributed by atoms with E-state index < -0.39 is 9.84 Å². The van der Waals surface area contributed by atoms with Gasteiger partial charge < -0.3 is 0 Å². The number of aromatic nitrogens is 2. The van der Waals surface area contributed by atoms with Crippen molar-refractivity contribution in [1.82, 2.24) is 9.78 Å². The summed E-state index contributed by atoms with van der Waals surface area (Å²) in [7, 11) is -1.45. The zero-order valence-electron chi connectivity index (χ0n) is 18.5. The SMILES string of the molecule is Cn1ccc(CC(=O)[C@H](C[C@H]2CCC(=O)C2)c2ccc(S(=O)(=O)C3CC3)c(C3CC3)c2)n1. The minimum absolute atomic E-state index is 0.0857. The summed E-state index contributed by atoms with van der Waals surface area (Å²) in [6, 6.07) is 7.44. The van der Waals surface area contributed by atoms with Crippen LogP contribution in [-0.2, 0) is 32.9 Å². The number of carbonyl (C=O) groups excluding carboxylic acids is 2. The molecular weight excluding hydrogens is 424 g/mol. The molecule has 3 aliphatic carbocycles. The third-order valence-electron chi connectivity index (χ3n) is 7.15. The summed E-state index contributed by atoms with van der Waals surface area (Å²) >= 11 is 0. The van der Waals surface area contributed by atoms with Crippen LogP contribution in [0.5, 0.6) is 0 Å². The third kappa shape index (κ3) is 4.45. The number of ketones is 2. The van der Waals surface area contributed by atoms with Gasteiger partial charge in [0.05, 0.1) is 22.3 Å². The van der Waals surface area contributed by atoms with E-state index in [9.17, 15) is 18.0 Å². The topological polar surface area (TPSA) is 86.1 Å². The van der Waals surface area contributed by atoms with Gasteiger partial charge in [0.1, 0.15) is 11.6 Å². The first kappa shape index (κ1) is 21.6. The second-order valence-corrected chi connectivity index (χ2v) is 12.1. The van der Waals surface area contributed by atoms with Gasteiger partial charge in [0.15, 0.2) is 9.84 Å². The molecule has 0 spiro atoms. The van der Waals surface area contributed by atoms with Crippen LogP contribution in [0, 0.1) is 5.92 Å². The van der Waals surface area contributed by atoms with Crippen LogP contribution in [0.25, 0.3) is 0 Å². The minimum Gasteiger partial charge on any atom is -0.300 e. The van der Waals surface area contributed by atoms with E-state index in [2.05, 4.69) is 5.10 Å². The molecule has 7 heteroatoms. The Morgan fingerprint density at radius 2 is 1.94 bits per heavy atom. The van der Waals surface area contributed by atoms with Crippen LogP contribution in [0.2, 0.25) is 0 Å². The first-order valence-electron chi connectivity index (χ1n) is 11.7. The first-order valence-corrected chi connectivity index (χ1v) is 13.3. The van der Waals surface area contributed by atoms with Gasteiger partial charge in [-0.1, -0.05) is 12.1 Å². The molecule has 5 rings (SSSR count). The molecule has 0 amide bonds. The summed E-state index contributed by atoms with van der Waals surface area (Å²) in [5.41, 5.74) is 2.52. The summed E-state index contributed by atoms with van der Waals surface area (Å²) in [5, 5.41) is 4.12. The predicted molar refractivity (Wildman–Crippen MR) is 120 cm³/mol. The van der Waals surface area contributed by atoms with E-state index in [1.165, 1.54) is 0 Å². The molecule has 32 heavy (non-hydrogen) atoms. The van der Waals surface area contributed by atoms with Crippen LogP contribution in [0.4, 0.5) is 0 Å². The smallest absolute Gasteiger partial charge is 0.181 e. The van der Waals surface area contributed by atoms with E-state index in [4.69, 9.17) is 0 Å². The lowest BCUT2D eigenvalue weighted by atomic mass is 9.83. The first-order chi connectivity index (χ1) is 15.3. The molecule has 0 aliphatic heterocycles. The fraction of sp³-hybridized carbons (Fsp3) is 0.560. The van der Waals surface area contributed by atoms with Crippen molar-refractivity contribution < 1.29 is 18.0 Å². The Balaban J connectivity index is 1.47. The lowest BCUT2D eigenvalue weighted by Gasteiger charge is -2.21. The Kier molecular flexibility index (Phi) is 5.56. The molecule has 6 nitrogen and oxygen atoms in total. The van der Waals surface area contributed by atoms with E-state index in [-0.39, 0.29) is 41.0 Å². The van der Waals surface area contributed by atoms with E-state index in [0.717, 1.165) is 48.9 Å². The van der Waals surface area contributed by atoms with Gasteiger partial charge in [-0.15, -0.1) is 0 Å². The molecular formula is C25H30N2O4S. The van der Waals surface area contributed by atoms with Crippen molar-refractivity contribution >= 4 is 21.4 Å². The second-order valence-electron chi connectivity index (χ2n) is 9.88. The molecule has 0 radical (unpaired) electrons. The highest BCUT2D eigenvalue weighted by Gasteiger charge is 2.41. The number of nitrogens with zero attached hydrogens (tertiary/aromatic N) is 2. The Morgan fingerprint density at radius 3 is 2.53 bits per heavy atom. The summed E-state index contributed by atoms with van der Waals surface area (Å²) in [6.45, 7) is 0. The zero-order valence-corrected chi connectivity index (χ0v) is 19.3. The standard InChI is InChI=1S/C25H30N2O4S/c1-27-11-10-19(26-27)15-24(29)22(13-16-2-6-20(28)12-16)18-5-9-25(23(14-18)17-3-4-17)32(30,31)21-7-8-21/h5,9-11,14,16-17,21-22H,2-4,6-8,12-13,15H2,1H3/t16-,22+/m0/s1. The van der Waals surface area contributed by atoms with Crippen LogP contribution < -0.4 is 0 Å². The molecule has 0 N–H and O–H groups in total. The molecule has 3 aliphatic rings. The van der Waals surface area contributed by atoms with Crippen LogP contribution in [-0.4, -0.2) is 35.0 Å². The Hall–Kier alpha value is -2.28. The molecule has 170 valence electrons. The van der Waals surface area contributed by atoms with Gasteiger partial charge in [0, 0.05) is 32.0 Å². The van der Waals surface area contributed by atoms with Crippen LogP contribution >= 0.6 is 0 Å². The molecule has 2 aromatic rings. The molecule has 1 aromatic heterocycles. The summed E-state index contributed by atoms with van der Waals surface area (Å²) in [6.07, 6.45) is 8.16. The highest BCUT2D eigenvalue weighted by Crippen LogP contribution is 2.47. The predicted octanol–water partition coefficient (Wildman–Crippen LogP) is 3.89. The van der Waals surface area contributed by atoms with Crippen LogP contribution in [0.1, 0.15) is 80.0 Å². The number of benzene rings is 1. The zero-order chi connectivity index (χ0) is 22.5. The Morgan fingerprint density at radius 1 is 1.16 bits per heavy atom. The maximum absolute atomic E-state index is 13.4. The number of hydrogen-bond donors (Lipinski definition) is 0. The number of sulfone groups is 1. The number of hydrogen-bond acceptors (Lipinski definition) is 5. The fourth-order valence-corrected chi connectivity index (χ4v) is 6.98. The molecule has 2 atom stereocenters. The lowest BCUT2D eigenvalue weighted by Crippen LogP contribution is -2.19. The lowest BCUT2D eigenvalue weighted by molar-refractivity contribution is -0.121. The quantitative estimate of drug-likeness (QED) is 0.574. The van der Waals surface area contributed by atoms with Crippen molar-refractivity contribution in [3.8, 4) is 0 Å². The number of aryl methyl sites for hydroxylation is 1. The van der Waals surface area contributed by atoms with Crippen molar-refractivity contribution in [2.24, 2.45) is 13.0 Å². The highest BCUT2D eigenvalue weighted by atomic mass is 32.2. The van der Waals surface area contributed by atoms with Gasteiger partial charge in [-0.2, -0.15) is 5.10 Å². The average molecular weight is 455 g/mol. The number of carbonyl (C=O) groups is 2. The largest absolute Gasteiger partial charge is 0.300 e. The average Bonchev–Trinajstić information content (AvgIpc) is 3.68. The van der Waals surface area contributed by atoms with E-state index >= 15 is 0 Å². The van der Waals surface area contributed by atoms with Crippen molar-refractivity contribution in [2.75, 3.05) is 0 Å². The van der Waals surface area contributed by atoms with Gasteiger partial charge in [-0.3, -0.25) is 14.3 Å². The molecule has 0 saturated heterocycles. The van der Waals surface area contributed by atoms with Gasteiger partial charge in [0.25, 0.3) is 0 Å². The fourth-order valence-electron chi connectivity index (χ4n) is 5.05. The van der Waals surface area contributed by atoms with Gasteiger partial charge in [0.2, 0.25) is 0 Å². The highest BCUT2D eigenvalue weighted by molar-refractivity contribution is 7.92. The maximum Gasteiger partial charge on any atom is 0.181 e.